The van der Waals surface area contributed by atoms with Crippen LogP contribution in [0.2, 0.25) is 0 Å². The highest BCUT2D eigenvalue weighted by molar-refractivity contribution is 7.16. The van der Waals surface area contributed by atoms with E-state index >= 15 is 0 Å². The van der Waals surface area contributed by atoms with Gasteiger partial charge in [-0.3, -0.25) is 19.9 Å². The molecule has 2 aromatic carbocycles. The van der Waals surface area contributed by atoms with Crippen LogP contribution in [0, 0.1) is 12.3 Å². The van der Waals surface area contributed by atoms with Crippen LogP contribution >= 0.6 is 11.3 Å². The molecule has 10 nitrogen and oxygen atoms in total. The van der Waals surface area contributed by atoms with Crippen LogP contribution < -0.4 is 31.1 Å². The molecular weight excluding hydrogens is 600 g/mol. The van der Waals surface area contributed by atoms with Gasteiger partial charge in [0.15, 0.2) is 6.61 Å². The van der Waals surface area contributed by atoms with Gasteiger partial charge in [-0.2, -0.15) is 0 Å². The fraction of sp³-hybridized carbons (Fsp3) is 0.400. The summed E-state index contributed by atoms with van der Waals surface area (Å²) in [4.78, 5) is 40.9. The smallest absolute Gasteiger partial charge is 0.324 e. The van der Waals surface area contributed by atoms with Gasteiger partial charge in [0.25, 0.3) is 5.91 Å². The Kier molecular flexibility index (Phi) is 8.80. The van der Waals surface area contributed by atoms with Crippen molar-refractivity contribution in [2.45, 2.75) is 72.9 Å². The van der Waals surface area contributed by atoms with Gasteiger partial charge >= 0.3 is 6.03 Å². The topological polar surface area (TPSA) is 115 Å². The third kappa shape index (κ3) is 6.90. The maximum atomic E-state index is 13.4. The normalized spacial score (nSPS) is 17.2. The number of fused-ring (bicyclic) bond motifs is 2. The van der Waals surface area contributed by atoms with Gasteiger partial charge in [-0.25, -0.2) is 10.2 Å². The first-order valence-electron chi connectivity index (χ1n) is 15.8. The lowest BCUT2D eigenvalue weighted by Gasteiger charge is -2.29. The summed E-state index contributed by atoms with van der Waals surface area (Å²) < 4.78 is 6.09. The lowest BCUT2D eigenvalue weighted by atomic mass is 9.87. The molecule has 2 aliphatic heterocycles. The molecule has 0 radical (unpaired) electrons. The van der Waals surface area contributed by atoms with Crippen molar-refractivity contribution >= 4 is 45.6 Å². The van der Waals surface area contributed by atoms with Crippen molar-refractivity contribution in [3.8, 4) is 5.75 Å². The molecule has 1 aromatic heterocycles. The molecule has 0 fully saturated rings. The standard InChI is InChI=1S/C35H42N6O4S/c1-21-9-11-24(12-10-21)41-31(18-30(39-41)35(3,4)5)38-34(44)37-27-13-14-28(26-8-6-7-25(26)27)45-20-33(43)40-16-15-29-23(19-40)17-32(46-29)36-22(2)42/h9-14,17-18,30,39H,6-8,15-16,19-20H2,1-5H3,(H,36,42)(H2,37,38,44). The molecule has 0 saturated carbocycles. The molecule has 4 amide bonds. The van der Waals surface area contributed by atoms with Gasteiger partial charge in [0.1, 0.15) is 11.6 Å². The first-order valence-corrected chi connectivity index (χ1v) is 16.6. The van der Waals surface area contributed by atoms with Gasteiger partial charge in [0.2, 0.25) is 5.91 Å². The Labute approximate surface area is 274 Å². The monoisotopic (exact) mass is 642 g/mol. The molecule has 1 unspecified atom stereocenters. The van der Waals surface area contributed by atoms with Crippen LogP contribution in [0.4, 0.5) is 21.2 Å². The quantitative estimate of drug-likeness (QED) is 0.256. The first-order chi connectivity index (χ1) is 21.9. The molecule has 3 aromatic rings. The molecule has 46 heavy (non-hydrogen) atoms. The molecule has 1 aliphatic carbocycles. The summed E-state index contributed by atoms with van der Waals surface area (Å²) in [6.07, 6.45) is 5.42. The number of carbonyl (C=O) groups excluding carboxylic acids is 3. The van der Waals surface area contributed by atoms with E-state index in [9.17, 15) is 14.4 Å². The van der Waals surface area contributed by atoms with Crippen molar-refractivity contribution in [2.75, 3.05) is 28.8 Å². The number of ether oxygens (including phenoxy) is 1. The van der Waals surface area contributed by atoms with E-state index < -0.39 is 0 Å². The molecule has 11 heteroatoms. The van der Waals surface area contributed by atoms with Crippen molar-refractivity contribution in [1.29, 1.82) is 0 Å². The van der Waals surface area contributed by atoms with E-state index in [0.29, 0.717) is 24.7 Å². The van der Waals surface area contributed by atoms with Gasteiger partial charge in [0, 0.05) is 30.6 Å². The molecule has 242 valence electrons. The van der Waals surface area contributed by atoms with Crippen molar-refractivity contribution in [1.82, 2.24) is 15.6 Å². The minimum Gasteiger partial charge on any atom is -0.483 e. The van der Waals surface area contributed by atoms with Crippen molar-refractivity contribution in [3.05, 3.63) is 81.5 Å². The molecule has 0 bridgehead atoms. The lowest BCUT2D eigenvalue weighted by molar-refractivity contribution is -0.134. The van der Waals surface area contributed by atoms with Gasteiger partial charge in [-0.1, -0.05) is 38.5 Å². The maximum absolute atomic E-state index is 13.4. The number of amides is 4. The van der Waals surface area contributed by atoms with Crippen LogP contribution in [-0.4, -0.2) is 41.9 Å². The van der Waals surface area contributed by atoms with Crippen LogP contribution in [0.1, 0.15) is 61.2 Å². The lowest BCUT2D eigenvalue weighted by Crippen LogP contribution is -2.46. The minimum absolute atomic E-state index is 0.0333. The number of hydrogen-bond donors (Lipinski definition) is 4. The summed E-state index contributed by atoms with van der Waals surface area (Å²) >= 11 is 1.57. The van der Waals surface area contributed by atoms with Crippen molar-refractivity contribution in [2.24, 2.45) is 5.41 Å². The average molecular weight is 643 g/mol. The highest BCUT2D eigenvalue weighted by atomic mass is 32.1. The number of nitrogens with one attached hydrogen (secondary N) is 4. The van der Waals surface area contributed by atoms with E-state index in [0.717, 1.165) is 58.7 Å². The zero-order valence-corrected chi connectivity index (χ0v) is 27.9. The Morgan fingerprint density at radius 3 is 2.50 bits per heavy atom. The van der Waals surface area contributed by atoms with Gasteiger partial charge in [0.05, 0.1) is 16.7 Å². The van der Waals surface area contributed by atoms with Crippen LogP contribution in [0.5, 0.6) is 5.75 Å². The number of nitrogens with zero attached hydrogens (tertiary/aromatic N) is 2. The van der Waals surface area contributed by atoms with E-state index in [4.69, 9.17) is 4.74 Å². The second-order valence-corrected chi connectivity index (χ2v) is 14.4. The highest BCUT2D eigenvalue weighted by Crippen LogP contribution is 2.37. The van der Waals surface area contributed by atoms with Crippen LogP contribution in [0.3, 0.4) is 0 Å². The highest BCUT2D eigenvalue weighted by Gasteiger charge is 2.33. The minimum atomic E-state index is -0.322. The number of anilines is 3. The second kappa shape index (κ2) is 12.8. The molecule has 6 rings (SSSR count). The molecule has 0 spiro atoms. The van der Waals surface area contributed by atoms with E-state index in [-0.39, 0.29) is 35.9 Å². The Balaban J connectivity index is 1.10. The second-order valence-electron chi connectivity index (χ2n) is 13.3. The van der Waals surface area contributed by atoms with E-state index in [1.807, 2.05) is 40.2 Å². The maximum Gasteiger partial charge on any atom is 0.324 e. The fourth-order valence-corrected chi connectivity index (χ4v) is 7.24. The molecule has 3 aliphatic rings. The van der Waals surface area contributed by atoms with Gasteiger partial charge < -0.3 is 20.3 Å². The Morgan fingerprint density at radius 1 is 1.00 bits per heavy atom. The van der Waals surface area contributed by atoms with E-state index in [2.05, 4.69) is 67.3 Å². The van der Waals surface area contributed by atoms with Crippen LogP contribution in [0.25, 0.3) is 0 Å². The zero-order valence-electron chi connectivity index (χ0n) is 27.1. The number of rotatable bonds is 7. The van der Waals surface area contributed by atoms with Crippen LogP contribution in [-0.2, 0) is 35.4 Å². The summed E-state index contributed by atoms with van der Waals surface area (Å²) in [7, 11) is 0. The van der Waals surface area contributed by atoms with E-state index in [1.165, 1.54) is 17.4 Å². The fourth-order valence-electron chi connectivity index (χ4n) is 6.13. The van der Waals surface area contributed by atoms with Crippen molar-refractivity contribution in [3.63, 3.8) is 0 Å². The third-order valence-corrected chi connectivity index (χ3v) is 9.81. The molecular formula is C35H42N6O4S. The number of aryl methyl sites for hydroxylation is 1. The Hall–Kier alpha value is -4.35. The predicted molar refractivity (Wildman–Crippen MR) is 182 cm³/mol. The zero-order chi connectivity index (χ0) is 32.6. The molecule has 4 N–H and O–H groups in total. The summed E-state index contributed by atoms with van der Waals surface area (Å²) in [6, 6.07) is 13.6. The number of urea groups is 1. The number of hydrazine groups is 1. The van der Waals surface area contributed by atoms with Crippen LogP contribution in [0.15, 0.2) is 54.4 Å². The average Bonchev–Trinajstić information content (AvgIpc) is 3.75. The molecule has 0 saturated heterocycles. The number of carbonyl (C=O) groups is 3. The third-order valence-electron chi connectivity index (χ3n) is 8.66. The number of benzene rings is 2. The Morgan fingerprint density at radius 2 is 1.76 bits per heavy atom. The summed E-state index contributed by atoms with van der Waals surface area (Å²) in [5.74, 6) is 1.19. The Bertz CT molecular complexity index is 1690. The SMILES string of the molecule is CC(=O)Nc1cc2c(s1)CCN(C(=O)COc1ccc(NC(=O)NC3=CC(C(C)(C)C)NN3c3ccc(C)cc3)c3c1CCC3)C2. The summed E-state index contributed by atoms with van der Waals surface area (Å²) in [5, 5.41) is 11.7. The first kappa shape index (κ1) is 31.6. The summed E-state index contributed by atoms with van der Waals surface area (Å²) in [5.41, 5.74) is 9.49. The van der Waals surface area contributed by atoms with Crippen molar-refractivity contribution < 1.29 is 19.1 Å². The number of hydrogen-bond acceptors (Lipinski definition) is 7. The number of thiophene rings is 1. The van der Waals surface area contributed by atoms with Gasteiger partial charge in [-0.15, -0.1) is 11.3 Å². The predicted octanol–water partition coefficient (Wildman–Crippen LogP) is 5.87. The molecule has 1 atom stereocenters. The van der Waals surface area contributed by atoms with Gasteiger partial charge in [-0.05, 0) is 91.1 Å². The summed E-state index contributed by atoms with van der Waals surface area (Å²) in [6.45, 7) is 11.1. The van der Waals surface area contributed by atoms with E-state index in [1.54, 1.807) is 11.3 Å². The molecule has 3 heterocycles. The largest absolute Gasteiger partial charge is 0.483 e.